The third-order valence-corrected chi connectivity index (χ3v) is 5.56. The van der Waals surface area contributed by atoms with Crippen molar-refractivity contribution in [3.05, 3.63) is 29.3 Å². The molecule has 146 valence electrons. The smallest absolute Gasteiger partial charge is 0.325 e. The van der Waals surface area contributed by atoms with Crippen LogP contribution in [-0.2, 0) is 9.59 Å². The van der Waals surface area contributed by atoms with E-state index in [0.29, 0.717) is 17.2 Å². The number of carbonyl (C=O) groups is 3. The van der Waals surface area contributed by atoms with E-state index in [1.54, 1.807) is 24.3 Å². The first kappa shape index (κ1) is 19.5. The van der Waals surface area contributed by atoms with Gasteiger partial charge in [-0.2, -0.15) is 0 Å². The van der Waals surface area contributed by atoms with Crippen molar-refractivity contribution < 1.29 is 19.1 Å². The van der Waals surface area contributed by atoms with E-state index in [1.165, 1.54) is 0 Å². The maximum absolute atomic E-state index is 12.8. The summed E-state index contributed by atoms with van der Waals surface area (Å²) in [7, 11) is 0. The molecule has 7 nitrogen and oxygen atoms in total. The van der Waals surface area contributed by atoms with Crippen molar-refractivity contribution in [3.8, 4) is 5.75 Å². The summed E-state index contributed by atoms with van der Waals surface area (Å²) in [4.78, 5) is 38.2. The molecule has 0 aromatic heterocycles. The van der Waals surface area contributed by atoms with Gasteiger partial charge in [-0.05, 0) is 43.0 Å². The van der Waals surface area contributed by atoms with Crippen LogP contribution in [0.2, 0.25) is 5.02 Å². The van der Waals surface area contributed by atoms with Crippen LogP contribution in [0.1, 0.15) is 32.6 Å². The summed E-state index contributed by atoms with van der Waals surface area (Å²) in [6.07, 6.45) is 3.48. The Bertz CT molecular complexity index is 724. The number of imide groups is 1. The quantitative estimate of drug-likeness (QED) is 0.573. The lowest BCUT2D eigenvalue weighted by Crippen LogP contribution is -2.54. The van der Waals surface area contributed by atoms with E-state index in [9.17, 15) is 14.4 Å². The first-order valence-corrected chi connectivity index (χ1v) is 9.59. The average molecular weight is 394 g/mol. The summed E-state index contributed by atoms with van der Waals surface area (Å²) in [5.74, 6) is 0.0468. The van der Waals surface area contributed by atoms with Gasteiger partial charge in [0, 0.05) is 5.02 Å². The molecule has 1 aromatic rings. The van der Waals surface area contributed by atoms with Crippen LogP contribution in [0.5, 0.6) is 5.75 Å². The molecule has 1 saturated heterocycles. The molecule has 4 amide bonds. The van der Waals surface area contributed by atoms with Gasteiger partial charge in [-0.3, -0.25) is 14.5 Å². The summed E-state index contributed by atoms with van der Waals surface area (Å²) in [5, 5.41) is 6.13. The highest BCUT2D eigenvalue weighted by Crippen LogP contribution is 2.38. The molecule has 2 fully saturated rings. The highest BCUT2D eigenvalue weighted by Gasteiger charge is 2.55. The highest BCUT2D eigenvalue weighted by atomic mass is 35.5. The van der Waals surface area contributed by atoms with E-state index in [-0.39, 0.29) is 31.5 Å². The zero-order valence-electron chi connectivity index (χ0n) is 15.3. The minimum Gasteiger partial charge on any atom is -0.492 e. The molecule has 1 spiro atoms. The molecule has 2 atom stereocenters. The number of halogens is 1. The average Bonchev–Trinajstić information content (AvgIpc) is 2.88. The second kappa shape index (κ2) is 8.17. The Morgan fingerprint density at radius 1 is 1.33 bits per heavy atom. The Balaban J connectivity index is 1.47. The predicted molar refractivity (Wildman–Crippen MR) is 101 cm³/mol. The monoisotopic (exact) mass is 393 g/mol. The lowest BCUT2D eigenvalue weighted by atomic mass is 9.73. The lowest BCUT2D eigenvalue weighted by molar-refractivity contribution is -0.137. The molecular weight excluding hydrogens is 370 g/mol. The Labute approximate surface area is 163 Å². The Morgan fingerprint density at radius 3 is 2.78 bits per heavy atom. The largest absolute Gasteiger partial charge is 0.492 e. The highest BCUT2D eigenvalue weighted by molar-refractivity contribution is 6.30. The molecule has 2 N–H and O–H groups in total. The number of nitrogens with one attached hydrogen (secondary N) is 2. The standard InChI is InChI=1S/C19H24ClN3O4/c1-13-4-2-3-9-19(13)17(25)23(18(26)22-19)12-16(24)21-10-11-27-15-7-5-14(20)6-8-15/h5-8,13H,2-4,9-12H2,1H3,(H,21,24)(H,22,26)/t13-,19+/m1/s1. The van der Waals surface area contributed by atoms with Crippen molar-refractivity contribution in [2.75, 3.05) is 19.7 Å². The summed E-state index contributed by atoms with van der Waals surface area (Å²) in [6, 6.07) is 6.43. The van der Waals surface area contributed by atoms with Gasteiger partial charge in [-0.15, -0.1) is 0 Å². The number of nitrogens with zero attached hydrogens (tertiary/aromatic N) is 1. The van der Waals surface area contributed by atoms with Crippen LogP contribution in [-0.4, -0.2) is 48.0 Å². The molecule has 2 aliphatic rings. The van der Waals surface area contributed by atoms with Crippen LogP contribution >= 0.6 is 11.6 Å². The van der Waals surface area contributed by atoms with Gasteiger partial charge in [-0.1, -0.05) is 31.4 Å². The molecule has 1 heterocycles. The Hall–Kier alpha value is -2.28. The molecule has 27 heavy (non-hydrogen) atoms. The summed E-state index contributed by atoms with van der Waals surface area (Å²) in [5.41, 5.74) is -0.840. The van der Waals surface area contributed by atoms with Crippen LogP contribution in [0, 0.1) is 5.92 Å². The molecule has 8 heteroatoms. The topological polar surface area (TPSA) is 87.7 Å². The van der Waals surface area contributed by atoms with Crippen molar-refractivity contribution in [1.29, 1.82) is 0 Å². The van der Waals surface area contributed by atoms with Gasteiger partial charge >= 0.3 is 6.03 Å². The van der Waals surface area contributed by atoms with E-state index in [4.69, 9.17) is 16.3 Å². The third-order valence-electron chi connectivity index (χ3n) is 5.31. The molecule has 0 unspecified atom stereocenters. The second-order valence-electron chi connectivity index (χ2n) is 7.09. The summed E-state index contributed by atoms with van der Waals surface area (Å²) >= 11 is 5.80. The van der Waals surface area contributed by atoms with Crippen molar-refractivity contribution in [1.82, 2.24) is 15.5 Å². The van der Waals surface area contributed by atoms with Crippen molar-refractivity contribution in [3.63, 3.8) is 0 Å². The second-order valence-corrected chi connectivity index (χ2v) is 7.53. The number of amides is 4. The first-order valence-electron chi connectivity index (χ1n) is 9.21. The van der Waals surface area contributed by atoms with Crippen molar-refractivity contribution >= 4 is 29.4 Å². The lowest BCUT2D eigenvalue weighted by Gasteiger charge is -2.36. The van der Waals surface area contributed by atoms with Crippen LogP contribution in [0.4, 0.5) is 4.79 Å². The van der Waals surface area contributed by atoms with E-state index < -0.39 is 17.5 Å². The SMILES string of the molecule is C[C@@H]1CCCC[C@]12NC(=O)N(CC(=O)NCCOc1ccc(Cl)cc1)C2=O. The molecular formula is C19H24ClN3O4. The summed E-state index contributed by atoms with van der Waals surface area (Å²) < 4.78 is 5.49. The molecule has 1 aliphatic heterocycles. The van der Waals surface area contributed by atoms with E-state index >= 15 is 0 Å². The van der Waals surface area contributed by atoms with E-state index in [2.05, 4.69) is 10.6 Å². The predicted octanol–water partition coefficient (Wildman–Crippen LogP) is 2.34. The minimum atomic E-state index is -0.840. The molecule has 3 rings (SSSR count). The van der Waals surface area contributed by atoms with Gasteiger partial charge in [0.05, 0.1) is 6.54 Å². The van der Waals surface area contributed by atoms with E-state index in [0.717, 1.165) is 24.2 Å². The zero-order valence-corrected chi connectivity index (χ0v) is 16.1. The fraction of sp³-hybridized carbons (Fsp3) is 0.526. The summed E-state index contributed by atoms with van der Waals surface area (Å²) in [6.45, 7) is 2.25. The van der Waals surface area contributed by atoms with Gasteiger partial charge in [0.1, 0.15) is 24.4 Å². The van der Waals surface area contributed by atoms with Gasteiger partial charge in [0.25, 0.3) is 5.91 Å². The van der Waals surface area contributed by atoms with Crippen molar-refractivity contribution in [2.45, 2.75) is 38.1 Å². The fourth-order valence-corrected chi connectivity index (χ4v) is 3.85. The number of ether oxygens (including phenoxy) is 1. The number of benzene rings is 1. The normalized spacial score (nSPS) is 24.8. The van der Waals surface area contributed by atoms with Crippen LogP contribution in [0.3, 0.4) is 0 Å². The molecule has 0 radical (unpaired) electrons. The van der Waals surface area contributed by atoms with Crippen LogP contribution < -0.4 is 15.4 Å². The van der Waals surface area contributed by atoms with Gasteiger partial charge < -0.3 is 15.4 Å². The van der Waals surface area contributed by atoms with Crippen LogP contribution in [0.15, 0.2) is 24.3 Å². The van der Waals surface area contributed by atoms with Gasteiger partial charge in [0.15, 0.2) is 0 Å². The minimum absolute atomic E-state index is 0.0727. The van der Waals surface area contributed by atoms with Gasteiger partial charge in [0.2, 0.25) is 5.91 Å². The Kier molecular flexibility index (Phi) is 5.89. The first-order chi connectivity index (χ1) is 12.9. The maximum atomic E-state index is 12.8. The molecule has 1 aromatic carbocycles. The van der Waals surface area contributed by atoms with Gasteiger partial charge in [-0.25, -0.2) is 4.79 Å². The molecule has 1 aliphatic carbocycles. The van der Waals surface area contributed by atoms with Crippen LogP contribution in [0.25, 0.3) is 0 Å². The molecule has 1 saturated carbocycles. The number of hydrogen-bond acceptors (Lipinski definition) is 4. The number of hydrogen-bond donors (Lipinski definition) is 2. The Morgan fingerprint density at radius 2 is 2.07 bits per heavy atom. The zero-order chi connectivity index (χ0) is 19.4. The van der Waals surface area contributed by atoms with E-state index in [1.807, 2.05) is 6.92 Å². The van der Waals surface area contributed by atoms with Crippen molar-refractivity contribution in [2.24, 2.45) is 5.92 Å². The maximum Gasteiger partial charge on any atom is 0.325 e. The number of carbonyl (C=O) groups excluding carboxylic acids is 3. The number of rotatable bonds is 6. The molecule has 0 bridgehead atoms. The number of urea groups is 1. The third kappa shape index (κ3) is 4.18. The fourth-order valence-electron chi connectivity index (χ4n) is 3.73.